The summed E-state index contributed by atoms with van der Waals surface area (Å²) in [6.45, 7) is 5.13. The lowest BCUT2D eigenvalue weighted by molar-refractivity contribution is 0.156. The number of hydrogen-bond acceptors (Lipinski definition) is 6. The van der Waals surface area contributed by atoms with Crippen molar-refractivity contribution in [2.75, 3.05) is 26.1 Å². The minimum absolute atomic E-state index is 0.224. The molecule has 0 aliphatic heterocycles. The number of nitrogens with zero attached hydrogens (tertiary/aromatic N) is 2. The predicted octanol–water partition coefficient (Wildman–Crippen LogP) is 0.626. The summed E-state index contributed by atoms with van der Waals surface area (Å²) in [7, 11) is 3.48. The molecule has 0 spiro atoms. The summed E-state index contributed by atoms with van der Waals surface area (Å²) < 4.78 is 10.4. The number of hydrogen-bond donors (Lipinski definition) is 2. The van der Waals surface area contributed by atoms with Crippen molar-refractivity contribution in [1.82, 2.24) is 15.5 Å². The molecule has 0 unspecified atom stereocenters. The van der Waals surface area contributed by atoms with Crippen molar-refractivity contribution in [1.29, 1.82) is 0 Å². The van der Waals surface area contributed by atoms with Crippen LogP contribution in [0.25, 0.3) is 0 Å². The Balaban J connectivity index is 2.56. The molecule has 0 radical (unpaired) electrons. The average Bonchev–Trinajstić information content (AvgIpc) is 2.52. The molecule has 2 N–H and O–H groups in total. The maximum atomic E-state index is 5.35. The van der Waals surface area contributed by atoms with Gasteiger partial charge in [0.15, 0.2) is 0 Å². The zero-order valence-corrected chi connectivity index (χ0v) is 9.63. The molecule has 0 saturated carbocycles. The van der Waals surface area contributed by atoms with Crippen LogP contribution in [0.4, 0.5) is 6.01 Å². The van der Waals surface area contributed by atoms with Crippen LogP contribution < -0.4 is 10.6 Å². The third-order valence-corrected chi connectivity index (χ3v) is 1.75. The summed E-state index contributed by atoms with van der Waals surface area (Å²) in [5.74, 6) is 0.563. The molecular weight excluding hydrogens is 196 g/mol. The molecule has 86 valence electrons. The highest BCUT2D eigenvalue weighted by molar-refractivity contribution is 5.22. The quantitative estimate of drug-likeness (QED) is 0.723. The topological polar surface area (TPSA) is 72.2 Å². The molecule has 1 aromatic heterocycles. The van der Waals surface area contributed by atoms with Gasteiger partial charge >= 0.3 is 6.01 Å². The van der Waals surface area contributed by atoms with Gasteiger partial charge in [0.25, 0.3) is 0 Å². The predicted molar refractivity (Wildman–Crippen MR) is 56.6 cm³/mol. The van der Waals surface area contributed by atoms with Crippen LogP contribution in [-0.4, -0.2) is 36.5 Å². The molecule has 6 nitrogen and oxygen atoms in total. The Morgan fingerprint density at radius 1 is 1.40 bits per heavy atom. The van der Waals surface area contributed by atoms with Gasteiger partial charge in [-0.15, -0.1) is 5.10 Å². The van der Waals surface area contributed by atoms with Crippen LogP contribution >= 0.6 is 0 Å². The first-order chi connectivity index (χ1) is 7.07. The average molecular weight is 214 g/mol. The first kappa shape index (κ1) is 11.9. The third kappa shape index (κ3) is 3.85. The second-order valence-electron chi connectivity index (χ2n) is 3.97. The van der Waals surface area contributed by atoms with Gasteiger partial charge in [-0.05, 0) is 20.9 Å². The van der Waals surface area contributed by atoms with E-state index in [9.17, 15) is 0 Å². The molecule has 0 saturated heterocycles. The second kappa shape index (κ2) is 5.09. The summed E-state index contributed by atoms with van der Waals surface area (Å²) in [6, 6.07) is 0.419. The van der Waals surface area contributed by atoms with E-state index in [-0.39, 0.29) is 5.54 Å². The van der Waals surface area contributed by atoms with E-state index in [1.807, 2.05) is 20.9 Å². The van der Waals surface area contributed by atoms with Crippen molar-refractivity contribution in [2.45, 2.75) is 25.9 Å². The van der Waals surface area contributed by atoms with Gasteiger partial charge in [0, 0.05) is 7.11 Å². The van der Waals surface area contributed by atoms with Gasteiger partial charge in [-0.25, -0.2) is 0 Å². The molecule has 6 heteroatoms. The fraction of sp³-hybridized carbons (Fsp3) is 0.778. The highest BCUT2D eigenvalue weighted by Crippen LogP contribution is 2.13. The molecular formula is C9H18N4O2. The Bertz CT molecular complexity index is 298. The lowest BCUT2D eigenvalue weighted by Crippen LogP contribution is -2.36. The van der Waals surface area contributed by atoms with E-state index in [2.05, 4.69) is 20.8 Å². The minimum Gasteiger partial charge on any atom is -0.407 e. The maximum absolute atomic E-state index is 5.35. The first-order valence-electron chi connectivity index (χ1n) is 4.81. The molecule has 1 heterocycles. The fourth-order valence-corrected chi connectivity index (χ4v) is 1.21. The Kier molecular flexibility index (Phi) is 4.05. The van der Waals surface area contributed by atoms with Crippen LogP contribution in [0.1, 0.15) is 19.7 Å². The Morgan fingerprint density at radius 2 is 2.13 bits per heavy atom. The normalized spacial score (nSPS) is 11.7. The van der Waals surface area contributed by atoms with Gasteiger partial charge in [-0.3, -0.25) is 0 Å². The van der Waals surface area contributed by atoms with Crippen molar-refractivity contribution in [2.24, 2.45) is 0 Å². The van der Waals surface area contributed by atoms with Gasteiger partial charge in [0.05, 0.1) is 18.7 Å². The van der Waals surface area contributed by atoms with Gasteiger partial charge in [-0.1, -0.05) is 5.10 Å². The molecule has 15 heavy (non-hydrogen) atoms. The van der Waals surface area contributed by atoms with Crippen LogP contribution in [0.5, 0.6) is 0 Å². The summed E-state index contributed by atoms with van der Waals surface area (Å²) in [6.07, 6.45) is 0. The highest BCUT2D eigenvalue weighted by Gasteiger charge is 2.20. The lowest BCUT2D eigenvalue weighted by atomic mass is 10.1. The molecule has 1 aromatic rings. The number of anilines is 1. The molecule has 0 fully saturated rings. The molecule has 0 aliphatic carbocycles. The standard InChI is InChI=1S/C9H18N4O2/c1-9(2,6-14-4)11-8-13-12-7(15-8)5-10-3/h10H,5-6H2,1-4H3,(H,11,13). The number of rotatable bonds is 6. The third-order valence-electron chi connectivity index (χ3n) is 1.75. The molecule has 1 rings (SSSR count). The van der Waals surface area contributed by atoms with E-state index >= 15 is 0 Å². The van der Waals surface area contributed by atoms with Crippen LogP contribution in [-0.2, 0) is 11.3 Å². The van der Waals surface area contributed by atoms with E-state index in [0.29, 0.717) is 25.1 Å². The summed E-state index contributed by atoms with van der Waals surface area (Å²) in [5, 5.41) is 13.8. The van der Waals surface area contributed by atoms with Crippen molar-refractivity contribution in [3.05, 3.63) is 5.89 Å². The second-order valence-corrected chi connectivity index (χ2v) is 3.97. The SMILES string of the molecule is CNCc1nnc(NC(C)(C)COC)o1. The first-order valence-corrected chi connectivity index (χ1v) is 4.81. The molecule has 0 amide bonds. The molecule has 0 aromatic carbocycles. The smallest absolute Gasteiger partial charge is 0.316 e. The van der Waals surface area contributed by atoms with E-state index in [0.717, 1.165) is 0 Å². The molecule has 0 atom stereocenters. The Labute approximate surface area is 89.4 Å². The van der Waals surface area contributed by atoms with E-state index in [1.54, 1.807) is 7.11 Å². The Hall–Kier alpha value is -1.14. The van der Waals surface area contributed by atoms with Crippen LogP contribution in [0, 0.1) is 0 Å². The number of methoxy groups -OCH3 is 1. The molecule has 0 bridgehead atoms. The van der Waals surface area contributed by atoms with Gasteiger partial charge < -0.3 is 19.8 Å². The largest absolute Gasteiger partial charge is 0.407 e. The van der Waals surface area contributed by atoms with E-state index < -0.39 is 0 Å². The van der Waals surface area contributed by atoms with E-state index in [4.69, 9.17) is 9.15 Å². The number of aromatic nitrogens is 2. The summed E-state index contributed by atoms with van der Waals surface area (Å²) in [5.41, 5.74) is -0.224. The fourth-order valence-electron chi connectivity index (χ4n) is 1.21. The zero-order valence-electron chi connectivity index (χ0n) is 9.63. The highest BCUT2D eigenvalue weighted by atomic mass is 16.5. The van der Waals surface area contributed by atoms with Crippen molar-refractivity contribution < 1.29 is 9.15 Å². The minimum atomic E-state index is -0.224. The zero-order chi connectivity index (χ0) is 11.3. The number of ether oxygens (including phenoxy) is 1. The van der Waals surface area contributed by atoms with Crippen LogP contribution in [0.15, 0.2) is 4.42 Å². The summed E-state index contributed by atoms with van der Waals surface area (Å²) in [4.78, 5) is 0. The van der Waals surface area contributed by atoms with Crippen LogP contribution in [0.3, 0.4) is 0 Å². The van der Waals surface area contributed by atoms with Crippen molar-refractivity contribution in [3.63, 3.8) is 0 Å². The maximum Gasteiger partial charge on any atom is 0.316 e. The lowest BCUT2D eigenvalue weighted by Gasteiger charge is -2.23. The van der Waals surface area contributed by atoms with Crippen molar-refractivity contribution in [3.8, 4) is 0 Å². The molecule has 0 aliphatic rings. The summed E-state index contributed by atoms with van der Waals surface area (Å²) >= 11 is 0. The van der Waals surface area contributed by atoms with Crippen LogP contribution in [0.2, 0.25) is 0 Å². The van der Waals surface area contributed by atoms with Crippen molar-refractivity contribution >= 4 is 6.01 Å². The van der Waals surface area contributed by atoms with E-state index in [1.165, 1.54) is 0 Å². The van der Waals surface area contributed by atoms with Gasteiger partial charge in [-0.2, -0.15) is 0 Å². The monoisotopic (exact) mass is 214 g/mol. The van der Waals surface area contributed by atoms with Gasteiger partial charge in [0.1, 0.15) is 0 Å². The number of nitrogens with one attached hydrogen (secondary N) is 2. The Morgan fingerprint density at radius 3 is 2.73 bits per heavy atom. The van der Waals surface area contributed by atoms with Gasteiger partial charge in [0.2, 0.25) is 5.89 Å².